The van der Waals surface area contributed by atoms with Crippen molar-refractivity contribution in [2.45, 2.75) is 19.3 Å². The Kier molecular flexibility index (Phi) is 5.31. The summed E-state index contributed by atoms with van der Waals surface area (Å²) in [5, 5.41) is 0.540. The molecule has 0 unspecified atom stereocenters. The van der Waals surface area contributed by atoms with Crippen molar-refractivity contribution in [1.82, 2.24) is 0 Å². The molecule has 0 aromatic heterocycles. The molecule has 2 aliphatic carbocycles. The molecule has 4 atom stereocenters. The summed E-state index contributed by atoms with van der Waals surface area (Å²) in [5.74, 6) is -1.10. The van der Waals surface area contributed by atoms with Gasteiger partial charge in [0.1, 0.15) is 0 Å². The highest BCUT2D eigenvalue weighted by molar-refractivity contribution is 6.30. The molecule has 0 amide bonds. The standard InChI is InChI=1S/C23H21ClO4/c24-18-10-8-14(9-11-18)19(25)13-28-23(27)21-17-7-6-16(12-17)20(21)22(26)15-4-2-1-3-5-15/h1-5,8-11,16-17,20-21H,6-7,12-13H2/t16-,17-,20-,21-/m0/s1. The highest BCUT2D eigenvalue weighted by Gasteiger charge is 2.54. The molecule has 4 nitrogen and oxygen atoms in total. The Morgan fingerprint density at radius 1 is 0.857 bits per heavy atom. The zero-order valence-corrected chi connectivity index (χ0v) is 16.1. The molecule has 2 aliphatic rings. The van der Waals surface area contributed by atoms with Gasteiger partial charge < -0.3 is 4.74 Å². The van der Waals surface area contributed by atoms with Gasteiger partial charge in [0.15, 0.2) is 18.2 Å². The van der Waals surface area contributed by atoms with Gasteiger partial charge in [0.05, 0.1) is 5.92 Å². The Balaban J connectivity index is 1.45. The molecule has 5 heteroatoms. The number of ether oxygens (including phenoxy) is 1. The maximum absolute atomic E-state index is 13.1. The average Bonchev–Trinajstić information content (AvgIpc) is 3.34. The topological polar surface area (TPSA) is 60.4 Å². The minimum Gasteiger partial charge on any atom is -0.457 e. The Morgan fingerprint density at radius 3 is 2.18 bits per heavy atom. The van der Waals surface area contributed by atoms with E-state index in [0.29, 0.717) is 16.1 Å². The molecule has 28 heavy (non-hydrogen) atoms. The average molecular weight is 397 g/mol. The van der Waals surface area contributed by atoms with Crippen molar-refractivity contribution in [2.75, 3.05) is 6.61 Å². The van der Waals surface area contributed by atoms with E-state index >= 15 is 0 Å². The number of hydrogen-bond acceptors (Lipinski definition) is 4. The summed E-state index contributed by atoms with van der Waals surface area (Å²) in [5.41, 5.74) is 1.08. The normalized spacial score (nSPS) is 25.5. The van der Waals surface area contributed by atoms with Crippen molar-refractivity contribution in [3.8, 4) is 0 Å². The van der Waals surface area contributed by atoms with Gasteiger partial charge in [-0.15, -0.1) is 0 Å². The van der Waals surface area contributed by atoms with Crippen LogP contribution in [0, 0.1) is 23.7 Å². The van der Waals surface area contributed by atoms with Crippen LogP contribution in [0.2, 0.25) is 5.02 Å². The number of rotatable bonds is 6. The van der Waals surface area contributed by atoms with Crippen molar-refractivity contribution in [3.05, 3.63) is 70.7 Å². The summed E-state index contributed by atoms with van der Waals surface area (Å²) in [6, 6.07) is 15.6. The molecule has 2 bridgehead atoms. The number of hydrogen-bond donors (Lipinski definition) is 0. The molecule has 4 rings (SSSR count). The SMILES string of the molecule is O=C(COC(=O)[C@H]1[C@H]2CC[C@@H](C2)[C@@H]1C(=O)c1ccccc1)c1ccc(Cl)cc1. The predicted molar refractivity (Wildman–Crippen MR) is 105 cm³/mol. The van der Waals surface area contributed by atoms with Crippen molar-refractivity contribution >= 4 is 29.1 Å². The van der Waals surface area contributed by atoms with Crippen molar-refractivity contribution < 1.29 is 19.1 Å². The van der Waals surface area contributed by atoms with Crippen LogP contribution in [0.1, 0.15) is 40.0 Å². The lowest BCUT2D eigenvalue weighted by atomic mass is 9.75. The van der Waals surface area contributed by atoms with E-state index in [1.165, 1.54) is 0 Å². The van der Waals surface area contributed by atoms with Gasteiger partial charge in [-0.25, -0.2) is 0 Å². The molecule has 2 aromatic carbocycles. The Morgan fingerprint density at radius 2 is 1.50 bits per heavy atom. The van der Waals surface area contributed by atoms with E-state index in [2.05, 4.69) is 0 Å². The molecule has 0 radical (unpaired) electrons. The van der Waals surface area contributed by atoms with E-state index in [1.807, 2.05) is 18.2 Å². The second-order valence-electron chi connectivity index (χ2n) is 7.65. The highest BCUT2D eigenvalue weighted by Crippen LogP contribution is 2.53. The molecule has 2 saturated carbocycles. The summed E-state index contributed by atoms with van der Waals surface area (Å²) in [6.07, 6.45) is 2.80. The summed E-state index contributed by atoms with van der Waals surface area (Å²) in [6.45, 7) is -0.319. The first-order valence-corrected chi connectivity index (χ1v) is 9.97. The molecule has 144 valence electrons. The van der Waals surface area contributed by atoms with E-state index in [4.69, 9.17) is 16.3 Å². The van der Waals surface area contributed by atoms with E-state index in [9.17, 15) is 14.4 Å². The van der Waals surface area contributed by atoms with Crippen LogP contribution in [-0.4, -0.2) is 24.1 Å². The zero-order valence-electron chi connectivity index (χ0n) is 15.3. The van der Waals surface area contributed by atoms with Crippen molar-refractivity contribution in [1.29, 1.82) is 0 Å². The second-order valence-corrected chi connectivity index (χ2v) is 8.09. The van der Waals surface area contributed by atoms with Crippen LogP contribution in [0.25, 0.3) is 0 Å². The minimum absolute atomic E-state index is 0.0128. The van der Waals surface area contributed by atoms with Gasteiger partial charge in [0, 0.05) is 22.1 Å². The van der Waals surface area contributed by atoms with Crippen LogP contribution >= 0.6 is 11.6 Å². The maximum Gasteiger partial charge on any atom is 0.310 e. The number of esters is 1. The number of halogens is 1. The Bertz CT molecular complexity index is 891. The van der Waals surface area contributed by atoms with Gasteiger partial charge in [0.2, 0.25) is 0 Å². The molecular weight excluding hydrogens is 376 g/mol. The van der Waals surface area contributed by atoms with E-state index in [-0.39, 0.29) is 35.9 Å². The Labute approximate surface area is 168 Å². The maximum atomic E-state index is 13.1. The summed E-state index contributed by atoms with van der Waals surface area (Å²) in [7, 11) is 0. The smallest absolute Gasteiger partial charge is 0.310 e. The lowest BCUT2D eigenvalue weighted by molar-refractivity contribution is -0.150. The second kappa shape index (κ2) is 7.88. The number of benzene rings is 2. The first kappa shape index (κ1) is 18.9. The zero-order chi connectivity index (χ0) is 19.7. The van der Waals surface area contributed by atoms with E-state index in [0.717, 1.165) is 19.3 Å². The fourth-order valence-corrected chi connectivity index (χ4v) is 4.88. The lowest BCUT2D eigenvalue weighted by Gasteiger charge is -2.28. The molecule has 0 N–H and O–H groups in total. The number of ketones is 2. The van der Waals surface area contributed by atoms with Gasteiger partial charge in [-0.2, -0.15) is 0 Å². The van der Waals surface area contributed by atoms with Gasteiger partial charge in [0.25, 0.3) is 0 Å². The van der Waals surface area contributed by atoms with Crippen LogP contribution in [-0.2, 0) is 9.53 Å². The first-order valence-electron chi connectivity index (χ1n) is 9.59. The third-order valence-electron chi connectivity index (χ3n) is 6.06. The van der Waals surface area contributed by atoms with Crippen LogP contribution in [0.3, 0.4) is 0 Å². The molecule has 2 fully saturated rings. The number of Topliss-reactive ketones (excluding diaryl/α,β-unsaturated/α-hetero) is 2. The number of carbonyl (C=O) groups excluding carboxylic acids is 3. The third kappa shape index (κ3) is 3.61. The fourth-order valence-electron chi connectivity index (χ4n) is 4.75. The van der Waals surface area contributed by atoms with Crippen LogP contribution in [0.5, 0.6) is 0 Å². The molecule has 2 aromatic rings. The fraction of sp³-hybridized carbons (Fsp3) is 0.348. The quantitative estimate of drug-likeness (QED) is 0.528. The minimum atomic E-state index is -0.454. The molecular formula is C23H21ClO4. The van der Waals surface area contributed by atoms with Gasteiger partial charge in [-0.1, -0.05) is 41.9 Å². The molecule has 0 aliphatic heterocycles. The van der Waals surface area contributed by atoms with Crippen LogP contribution < -0.4 is 0 Å². The molecule has 0 saturated heterocycles. The van der Waals surface area contributed by atoms with E-state index < -0.39 is 11.9 Å². The first-order chi connectivity index (χ1) is 13.5. The summed E-state index contributed by atoms with van der Waals surface area (Å²) in [4.78, 5) is 38.2. The monoisotopic (exact) mass is 396 g/mol. The highest BCUT2D eigenvalue weighted by atomic mass is 35.5. The van der Waals surface area contributed by atoms with Gasteiger partial charge in [-0.3, -0.25) is 14.4 Å². The molecule has 0 spiro atoms. The molecule has 0 heterocycles. The van der Waals surface area contributed by atoms with Gasteiger partial charge in [-0.05, 0) is 55.4 Å². The van der Waals surface area contributed by atoms with Crippen LogP contribution in [0.4, 0.5) is 0 Å². The summed E-state index contributed by atoms with van der Waals surface area (Å²) >= 11 is 5.83. The summed E-state index contributed by atoms with van der Waals surface area (Å²) < 4.78 is 5.37. The number of carbonyl (C=O) groups is 3. The number of fused-ring (bicyclic) bond motifs is 2. The van der Waals surface area contributed by atoms with Crippen molar-refractivity contribution in [3.63, 3.8) is 0 Å². The van der Waals surface area contributed by atoms with Crippen LogP contribution in [0.15, 0.2) is 54.6 Å². The van der Waals surface area contributed by atoms with Crippen molar-refractivity contribution in [2.24, 2.45) is 23.7 Å². The predicted octanol–water partition coefficient (Wildman–Crippen LogP) is 4.61. The third-order valence-corrected chi connectivity index (χ3v) is 6.31. The van der Waals surface area contributed by atoms with Gasteiger partial charge >= 0.3 is 5.97 Å². The lowest BCUT2D eigenvalue weighted by Crippen LogP contribution is -2.36. The van der Waals surface area contributed by atoms with E-state index in [1.54, 1.807) is 36.4 Å². The largest absolute Gasteiger partial charge is 0.457 e. The Hall–Kier alpha value is -2.46.